The summed E-state index contributed by atoms with van der Waals surface area (Å²) in [7, 11) is 1.99. The van der Waals surface area contributed by atoms with Crippen LogP contribution in [0.2, 0.25) is 0 Å². The summed E-state index contributed by atoms with van der Waals surface area (Å²) in [4.78, 5) is 16.0. The average Bonchev–Trinajstić information content (AvgIpc) is 2.72. The number of carbonyl (C=O) groups excluding carboxylic acids is 1. The molecule has 1 atom stereocenters. The fraction of sp³-hybridized carbons (Fsp3) is 0.533. The van der Waals surface area contributed by atoms with Crippen molar-refractivity contribution >= 4 is 5.91 Å². The van der Waals surface area contributed by atoms with E-state index in [0.717, 1.165) is 31.2 Å². The summed E-state index contributed by atoms with van der Waals surface area (Å²) >= 11 is 0. The Bertz CT molecular complexity index is 553. The maximum absolute atomic E-state index is 13.2. The molecule has 21 heavy (non-hydrogen) atoms. The van der Waals surface area contributed by atoms with Crippen LogP contribution >= 0.6 is 0 Å². The van der Waals surface area contributed by atoms with Crippen molar-refractivity contribution in [2.24, 2.45) is 5.92 Å². The van der Waals surface area contributed by atoms with E-state index in [9.17, 15) is 18.7 Å². The number of hydrogen-bond acceptors (Lipinski definition) is 3. The molecule has 0 aliphatic carbocycles. The summed E-state index contributed by atoms with van der Waals surface area (Å²) in [5.41, 5.74) is -0.0451. The molecule has 3 rings (SSSR count). The summed E-state index contributed by atoms with van der Waals surface area (Å²) < 4.78 is 26.4. The minimum Gasteiger partial charge on any atom is -0.396 e. The number of aliphatic hydroxyl groups excluding tert-OH is 1. The molecule has 0 bridgehead atoms. The molecule has 1 amide bonds. The number of halogens is 2. The first-order valence-corrected chi connectivity index (χ1v) is 7.01. The van der Waals surface area contributed by atoms with Crippen molar-refractivity contribution in [3.05, 3.63) is 35.4 Å². The molecule has 1 N–H and O–H groups in total. The van der Waals surface area contributed by atoms with E-state index < -0.39 is 11.6 Å². The molecule has 4 nitrogen and oxygen atoms in total. The molecular weight excluding hydrogens is 278 g/mol. The lowest BCUT2D eigenvalue weighted by atomic mass is 9.84. The zero-order valence-electron chi connectivity index (χ0n) is 11.9. The minimum atomic E-state index is -0.744. The van der Waals surface area contributed by atoms with E-state index in [-0.39, 0.29) is 29.5 Å². The Morgan fingerprint density at radius 2 is 1.95 bits per heavy atom. The van der Waals surface area contributed by atoms with E-state index in [2.05, 4.69) is 4.90 Å². The maximum atomic E-state index is 13.2. The highest BCUT2D eigenvalue weighted by molar-refractivity contribution is 5.95. The van der Waals surface area contributed by atoms with Crippen molar-refractivity contribution < 1.29 is 18.7 Å². The molecule has 0 radical (unpaired) electrons. The van der Waals surface area contributed by atoms with Gasteiger partial charge in [-0.2, -0.15) is 0 Å². The first kappa shape index (κ1) is 14.4. The molecule has 2 aliphatic rings. The van der Waals surface area contributed by atoms with Gasteiger partial charge in [-0.25, -0.2) is 8.78 Å². The summed E-state index contributed by atoms with van der Waals surface area (Å²) in [6, 6.07) is 2.88. The number of carbonyl (C=O) groups is 1. The van der Waals surface area contributed by atoms with Crippen molar-refractivity contribution in [1.29, 1.82) is 0 Å². The number of nitrogens with zero attached hydrogens (tertiary/aromatic N) is 2. The molecule has 1 spiro atoms. The summed E-state index contributed by atoms with van der Waals surface area (Å²) in [5.74, 6) is -1.60. The second-order valence-electron chi connectivity index (χ2n) is 6.18. The molecule has 0 aromatic heterocycles. The van der Waals surface area contributed by atoms with Crippen molar-refractivity contribution in [2.45, 2.75) is 12.0 Å². The van der Waals surface area contributed by atoms with Gasteiger partial charge in [-0.15, -0.1) is 0 Å². The minimum absolute atomic E-state index is 0.0432. The van der Waals surface area contributed by atoms with Crippen LogP contribution in [0.1, 0.15) is 16.8 Å². The van der Waals surface area contributed by atoms with Crippen LogP contribution in [0.5, 0.6) is 0 Å². The van der Waals surface area contributed by atoms with Gasteiger partial charge in [0.05, 0.1) is 5.54 Å². The largest absolute Gasteiger partial charge is 0.396 e. The number of likely N-dealkylation sites (N-methyl/N-ethyl adjacent to an activating group) is 1. The number of rotatable bonds is 2. The number of aliphatic hydroxyl groups is 1. The fourth-order valence-corrected chi connectivity index (χ4v) is 3.50. The molecule has 1 aromatic carbocycles. The Hall–Kier alpha value is -1.53. The summed E-state index contributed by atoms with van der Waals surface area (Å²) in [5, 5.41) is 9.26. The van der Waals surface area contributed by atoms with Gasteiger partial charge < -0.3 is 10.0 Å². The van der Waals surface area contributed by atoms with Crippen LogP contribution in [0.15, 0.2) is 18.2 Å². The molecule has 0 unspecified atom stereocenters. The second-order valence-corrected chi connectivity index (χ2v) is 6.18. The van der Waals surface area contributed by atoms with Crippen LogP contribution < -0.4 is 0 Å². The van der Waals surface area contributed by atoms with Crippen LogP contribution in [-0.2, 0) is 0 Å². The topological polar surface area (TPSA) is 43.8 Å². The van der Waals surface area contributed by atoms with E-state index in [1.165, 1.54) is 0 Å². The van der Waals surface area contributed by atoms with Crippen LogP contribution in [0.4, 0.5) is 8.78 Å². The Labute approximate surface area is 122 Å². The number of hydrogen-bond donors (Lipinski definition) is 1. The van der Waals surface area contributed by atoms with E-state index in [1.807, 2.05) is 7.05 Å². The first-order chi connectivity index (χ1) is 9.93. The van der Waals surface area contributed by atoms with Crippen molar-refractivity contribution in [3.8, 4) is 0 Å². The second kappa shape index (κ2) is 5.03. The van der Waals surface area contributed by atoms with Crippen LogP contribution in [-0.4, -0.2) is 59.6 Å². The van der Waals surface area contributed by atoms with E-state index in [1.54, 1.807) is 4.90 Å². The molecule has 0 saturated carbocycles. The van der Waals surface area contributed by atoms with Gasteiger partial charge in [-0.1, -0.05) is 0 Å². The fourth-order valence-electron chi connectivity index (χ4n) is 3.50. The predicted octanol–water partition coefficient (Wildman–Crippen LogP) is 1.10. The summed E-state index contributed by atoms with van der Waals surface area (Å²) in [6.45, 7) is 2.04. The van der Waals surface area contributed by atoms with Crippen molar-refractivity contribution in [2.75, 3.05) is 33.3 Å². The Morgan fingerprint density at radius 1 is 1.33 bits per heavy atom. The zero-order chi connectivity index (χ0) is 15.2. The molecular formula is C15H18F2N2O2. The predicted molar refractivity (Wildman–Crippen MR) is 72.8 cm³/mol. The quantitative estimate of drug-likeness (QED) is 0.889. The lowest BCUT2D eigenvalue weighted by molar-refractivity contribution is -0.00779. The third kappa shape index (κ3) is 2.42. The van der Waals surface area contributed by atoms with E-state index in [0.29, 0.717) is 13.1 Å². The van der Waals surface area contributed by atoms with Gasteiger partial charge in [0.2, 0.25) is 0 Å². The lowest BCUT2D eigenvalue weighted by Crippen LogP contribution is -2.68. The third-order valence-electron chi connectivity index (χ3n) is 4.64. The highest BCUT2D eigenvalue weighted by atomic mass is 19.1. The van der Waals surface area contributed by atoms with Gasteiger partial charge >= 0.3 is 0 Å². The molecule has 6 heteroatoms. The Balaban J connectivity index is 1.70. The smallest absolute Gasteiger partial charge is 0.254 e. The van der Waals surface area contributed by atoms with Crippen LogP contribution in [0.25, 0.3) is 0 Å². The molecule has 114 valence electrons. The lowest BCUT2D eigenvalue weighted by Gasteiger charge is -2.52. The Kier molecular flexibility index (Phi) is 3.45. The van der Waals surface area contributed by atoms with Crippen molar-refractivity contribution in [3.63, 3.8) is 0 Å². The highest BCUT2D eigenvalue weighted by Crippen LogP contribution is 2.39. The van der Waals surface area contributed by atoms with E-state index >= 15 is 0 Å². The molecule has 2 aliphatic heterocycles. The van der Waals surface area contributed by atoms with Gasteiger partial charge in [0.15, 0.2) is 0 Å². The van der Waals surface area contributed by atoms with Gasteiger partial charge in [0.1, 0.15) is 11.6 Å². The Morgan fingerprint density at radius 3 is 2.48 bits per heavy atom. The molecule has 1 aromatic rings. The van der Waals surface area contributed by atoms with Crippen LogP contribution in [0.3, 0.4) is 0 Å². The van der Waals surface area contributed by atoms with E-state index in [4.69, 9.17) is 0 Å². The van der Waals surface area contributed by atoms with Crippen molar-refractivity contribution in [1.82, 2.24) is 9.80 Å². The van der Waals surface area contributed by atoms with Gasteiger partial charge in [0, 0.05) is 37.9 Å². The highest BCUT2D eigenvalue weighted by Gasteiger charge is 2.52. The molecule has 2 heterocycles. The number of amides is 1. The maximum Gasteiger partial charge on any atom is 0.254 e. The monoisotopic (exact) mass is 296 g/mol. The zero-order valence-corrected chi connectivity index (χ0v) is 11.9. The van der Waals surface area contributed by atoms with Gasteiger partial charge in [-0.05, 0) is 31.5 Å². The SMILES string of the molecule is CN1C[C@@H](CO)CC12CN(C(=O)c1cc(F)cc(F)c1)C2. The normalized spacial score (nSPS) is 24.4. The van der Waals surface area contributed by atoms with Gasteiger partial charge in [0.25, 0.3) is 5.91 Å². The molecule has 2 fully saturated rings. The number of likely N-dealkylation sites (tertiary alicyclic amines) is 2. The number of benzene rings is 1. The first-order valence-electron chi connectivity index (χ1n) is 7.01. The van der Waals surface area contributed by atoms with Gasteiger partial charge in [-0.3, -0.25) is 9.69 Å². The third-order valence-corrected chi connectivity index (χ3v) is 4.64. The standard InChI is InChI=1S/C15H18F2N2O2/c1-18-6-10(7-20)5-15(18)8-19(9-15)14(21)11-2-12(16)4-13(17)3-11/h2-4,10,20H,5-9H2,1H3/t10-/m0/s1. The van der Waals surface area contributed by atoms with Crippen LogP contribution in [0, 0.1) is 17.6 Å². The summed E-state index contributed by atoms with van der Waals surface area (Å²) in [6.07, 6.45) is 0.849. The molecule has 2 saturated heterocycles. The average molecular weight is 296 g/mol.